The van der Waals surface area contributed by atoms with Gasteiger partial charge in [-0.1, -0.05) is 19.8 Å². The summed E-state index contributed by atoms with van der Waals surface area (Å²) in [5, 5.41) is 12.1. The summed E-state index contributed by atoms with van der Waals surface area (Å²) in [6, 6.07) is 0.0347. The molecule has 0 saturated carbocycles. The highest BCUT2D eigenvalue weighted by Crippen LogP contribution is 2.36. The number of nitrogens with zero attached hydrogens (tertiary/aromatic N) is 3. The number of fused-ring (bicyclic) bond motifs is 1. The zero-order valence-electron chi connectivity index (χ0n) is 15.5. The summed E-state index contributed by atoms with van der Waals surface area (Å²) in [4.78, 5) is 27.5. The van der Waals surface area contributed by atoms with E-state index in [-0.39, 0.29) is 17.9 Å². The number of hydrogen-bond donors (Lipinski definition) is 2. The van der Waals surface area contributed by atoms with Crippen molar-refractivity contribution in [1.82, 2.24) is 20.4 Å². The molecule has 0 aliphatic carbocycles. The van der Waals surface area contributed by atoms with Gasteiger partial charge in [-0.15, -0.1) is 16.4 Å². The van der Waals surface area contributed by atoms with E-state index in [1.54, 1.807) is 4.90 Å². The maximum atomic E-state index is 12.8. The van der Waals surface area contributed by atoms with Crippen LogP contribution in [0.1, 0.15) is 53.5 Å². The van der Waals surface area contributed by atoms with Gasteiger partial charge in [0.15, 0.2) is 0 Å². The Bertz CT molecular complexity index is 842. The average molecular weight is 375 g/mol. The van der Waals surface area contributed by atoms with Crippen LogP contribution in [0.15, 0.2) is 0 Å². The molecule has 1 saturated heterocycles. The normalized spacial score (nSPS) is 14.5. The third kappa shape index (κ3) is 3.51. The zero-order valence-corrected chi connectivity index (χ0v) is 16.3. The molecule has 1 aliphatic heterocycles. The summed E-state index contributed by atoms with van der Waals surface area (Å²) in [5.41, 5.74) is 8.50. The number of nitrogens with one attached hydrogen (secondary N) is 1. The minimum atomic E-state index is -0.0981. The third-order valence-electron chi connectivity index (χ3n) is 4.87. The Morgan fingerprint density at radius 2 is 2.00 bits per heavy atom. The first-order chi connectivity index (χ1) is 12.4. The maximum Gasteiger partial charge on any atom is 0.266 e. The SMILES string of the molecule is CCCCCC(=O)NC1CN(C(=O)c2sc3nnc(C)c(C)c3c2N)C1. The molecule has 2 aromatic heterocycles. The second-order valence-corrected chi connectivity index (χ2v) is 7.87. The fourth-order valence-corrected chi connectivity index (χ4v) is 4.18. The van der Waals surface area contributed by atoms with Crippen LogP contribution in [-0.2, 0) is 4.79 Å². The van der Waals surface area contributed by atoms with Gasteiger partial charge in [0.1, 0.15) is 9.71 Å². The topological polar surface area (TPSA) is 101 Å². The summed E-state index contributed by atoms with van der Waals surface area (Å²) in [5.74, 6) is -0.0302. The van der Waals surface area contributed by atoms with Gasteiger partial charge in [-0.3, -0.25) is 9.59 Å². The molecule has 7 nitrogen and oxygen atoms in total. The molecular formula is C18H25N5O2S. The standard InChI is InChI=1S/C18H25N5O2S/c1-4-5-6-7-13(24)20-12-8-23(9-12)18(25)16-15(19)14-10(2)11(3)21-22-17(14)26-16/h12H,4-9,19H2,1-3H3,(H,20,24). The van der Waals surface area contributed by atoms with E-state index in [9.17, 15) is 9.59 Å². The van der Waals surface area contributed by atoms with Gasteiger partial charge in [0.25, 0.3) is 5.91 Å². The van der Waals surface area contributed by atoms with Gasteiger partial charge in [0.05, 0.1) is 17.4 Å². The quantitative estimate of drug-likeness (QED) is 0.755. The molecule has 140 valence electrons. The second kappa shape index (κ2) is 7.57. The molecule has 8 heteroatoms. The predicted octanol–water partition coefficient (Wildman–Crippen LogP) is 2.41. The molecule has 1 fully saturated rings. The summed E-state index contributed by atoms with van der Waals surface area (Å²) < 4.78 is 0. The molecule has 2 aromatic rings. The Kier molecular flexibility index (Phi) is 5.41. The van der Waals surface area contributed by atoms with Crippen molar-refractivity contribution in [3.63, 3.8) is 0 Å². The molecule has 3 heterocycles. The van der Waals surface area contributed by atoms with Gasteiger partial charge in [-0.05, 0) is 25.8 Å². The van der Waals surface area contributed by atoms with Crippen molar-refractivity contribution in [3.05, 3.63) is 16.1 Å². The number of carbonyl (C=O) groups excluding carboxylic acids is 2. The lowest BCUT2D eigenvalue weighted by Gasteiger charge is -2.39. The first kappa shape index (κ1) is 18.6. The van der Waals surface area contributed by atoms with E-state index in [2.05, 4.69) is 22.4 Å². The predicted molar refractivity (Wildman–Crippen MR) is 103 cm³/mol. The second-order valence-electron chi connectivity index (χ2n) is 6.87. The monoisotopic (exact) mass is 375 g/mol. The van der Waals surface area contributed by atoms with Crippen LogP contribution in [0.2, 0.25) is 0 Å². The number of amides is 2. The Balaban J connectivity index is 1.62. The largest absolute Gasteiger partial charge is 0.397 e. The van der Waals surface area contributed by atoms with Crippen molar-refractivity contribution >= 4 is 39.1 Å². The van der Waals surface area contributed by atoms with Crippen molar-refractivity contribution in [3.8, 4) is 0 Å². The van der Waals surface area contributed by atoms with E-state index in [1.165, 1.54) is 11.3 Å². The lowest BCUT2D eigenvalue weighted by molar-refractivity contribution is -0.122. The number of nitrogen functional groups attached to an aromatic ring is 1. The van der Waals surface area contributed by atoms with Gasteiger partial charge in [-0.25, -0.2) is 0 Å². The number of unbranched alkanes of at least 4 members (excludes halogenated alkanes) is 2. The number of thiophene rings is 1. The molecular weight excluding hydrogens is 350 g/mol. The van der Waals surface area contributed by atoms with E-state index in [0.29, 0.717) is 34.9 Å². The van der Waals surface area contributed by atoms with Crippen molar-refractivity contribution in [2.45, 2.75) is 52.5 Å². The molecule has 0 atom stereocenters. The Morgan fingerprint density at radius 3 is 2.69 bits per heavy atom. The third-order valence-corrected chi connectivity index (χ3v) is 5.95. The summed E-state index contributed by atoms with van der Waals surface area (Å²) in [6.07, 6.45) is 3.63. The van der Waals surface area contributed by atoms with Gasteiger partial charge in [-0.2, -0.15) is 5.10 Å². The van der Waals surface area contributed by atoms with Crippen LogP contribution in [0.25, 0.3) is 10.2 Å². The van der Waals surface area contributed by atoms with Crippen LogP contribution in [0.3, 0.4) is 0 Å². The van der Waals surface area contributed by atoms with Crippen molar-refractivity contribution < 1.29 is 9.59 Å². The molecule has 3 rings (SSSR count). The van der Waals surface area contributed by atoms with E-state index >= 15 is 0 Å². The van der Waals surface area contributed by atoms with E-state index in [0.717, 1.165) is 35.9 Å². The van der Waals surface area contributed by atoms with Gasteiger partial charge < -0.3 is 16.0 Å². The fraction of sp³-hybridized carbons (Fsp3) is 0.556. The fourth-order valence-electron chi connectivity index (χ4n) is 3.11. The van der Waals surface area contributed by atoms with Crippen LogP contribution in [0.5, 0.6) is 0 Å². The number of aromatic nitrogens is 2. The molecule has 1 aliphatic rings. The van der Waals surface area contributed by atoms with Crippen LogP contribution in [-0.4, -0.2) is 46.0 Å². The van der Waals surface area contributed by atoms with Gasteiger partial charge >= 0.3 is 0 Å². The number of hydrogen-bond acceptors (Lipinski definition) is 6. The lowest BCUT2D eigenvalue weighted by atomic mass is 10.1. The van der Waals surface area contributed by atoms with Crippen LogP contribution in [0.4, 0.5) is 5.69 Å². The van der Waals surface area contributed by atoms with Crippen molar-refractivity contribution in [2.24, 2.45) is 0 Å². The van der Waals surface area contributed by atoms with E-state index in [4.69, 9.17) is 5.73 Å². The van der Waals surface area contributed by atoms with Gasteiger partial charge in [0.2, 0.25) is 5.91 Å². The minimum absolute atomic E-state index is 0.0347. The molecule has 3 N–H and O–H groups in total. The van der Waals surface area contributed by atoms with E-state index in [1.807, 2.05) is 13.8 Å². The molecule has 0 unspecified atom stereocenters. The number of anilines is 1. The summed E-state index contributed by atoms with van der Waals surface area (Å²) in [6.45, 7) is 6.98. The number of carbonyl (C=O) groups is 2. The number of rotatable bonds is 6. The summed E-state index contributed by atoms with van der Waals surface area (Å²) >= 11 is 1.28. The zero-order chi connectivity index (χ0) is 18.8. The highest BCUT2D eigenvalue weighted by molar-refractivity contribution is 7.21. The van der Waals surface area contributed by atoms with Crippen molar-refractivity contribution in [1.29, 1.82) is 0 Å². The molecule has 0 spiro atoms. The first-order valence-electron chi connectivity index (χ1n) is 9.02. The van der Waals surface area contributed by atoms with Crippen molar-refractivity contribution in [2.75, 3.05) is 18.8 Å². The molecule has 0 radical (unpaired) electrons. The Morgan fingerprint density at radius 1 is 1.27 bits per heavy atom. The molecule has 2 amide bonds. The maximum absolute atomic E-state index is 12.8. The first-order valence-corrected chi connectivity index (χ1v) is 9.84. The van der Waals surface area contributed by atoms with Crippen LogP contribution >= 0.6 is 11.3 Å². The number of nitrogens with two attached hydrogens (primary N) is 1. The average Bonchev–Trinajstić information content (AvgIpc) is 2.91. The van der Waals surface area contributed by atoms with Crippen LogP contribution < -0.4 is 11.1 Å². The number of likely N-dealkylation sites (tertiary alicyclic amines) is 1. The highest BCUT2D eigenvalue weighted by atomic mass is 32.1. The smallest absolute Gasteiger partial charge is 0.266 e. The highest BCUT2D eigenvalue weighted by Gasteiger charge is 2.34. The number of aryl methyl sites for hydroxylation is 2. The van der Waals surface area contributed by atoms with Crippen LogP contribution in [0, 0.1) is 13.8 Å². The van der Waals surface area contributed by atoms with Gasteiger partial charge in [0, 0.05) is 24.9 Å². The molecule has 0 bridgehead atoms. The van der Waals surface area contributed by atoms with E-state index < -0.39 is 0 Å². The Labute approximate surface area is 157 Å². The lowest BCUT2D eigenvalue weighted by Crippen LogP contribution is -2.60. The molecule has 0 aromatic carbocycles. The molecule has 26 heavy (non-hydrogen) atoms. The Hall–Kier alpha value is -2.22. The summed E-state index contributed by atoms with van der Waals surface area (Å²) in [7, 11) is 0. The minimum Gasteiger partial charge on any atom is -0.397 e.